The summed E-state index contributed by atoms with van der Waals surface area (Å²) in [5.41, 5.74) is 0.472. The summed E-state index contributed by atoms with van der Waals surface area (Å²) < 4.78 is 31.9. The Kier molecular flexibility index (Phi) is 3.69. The van der Waals surface area contributed by atoms with Crippen molar-refractivity contribution in [1.82, 2.24) is 0 Å². The molecule has 118 valence electrons. The van der Waals surface area contributed by atoms with Crippen LogP contribution in [0, 0.1) is 11.6 Å². The molecule has 0 fully saturated rings. The number of hydrogen-bond acceptors (Lipinski definition) is 3. The number of fused-ring (bicyclic) bond motifs is 1. The largest absolute Gasteiger partial charge is 0.479 e. The van der Waals surface area contributed by atoms with Gasteiger partial charge in [0.05, 0.1) is 11.3 Å². The monoisotopic (exact) mass is 318 g/mol. The van der Waals surface area contributed by atoms with Crippen molar-refractivity contribution < 1.29 is 23.1 Å². The highest BCUT2D eigenvalue weighted by molar-refractivity contribution is 6.05. The van der Waals surface area contributed by atoms with Crippen molar-refractivity contribution in [3.8, 4) is 5.75 Å². The number of carbonyl (C=O) groups excluding carboxylic acids is 2. The van der Waals surface area contributed by atoms with Gasteiger partial charge in [-0.15, -0.1) is 0 Å². The van der Waals surface area contributed by atoms with E-state index in [1.54, 1.807) is 19.1 Å². The van der Waals surface area contributed by atoms with E-state index in [1.165, 1.54) is 6.07 Å². The summed E-state index contributed by atoms with van der Waals surface area (Å²) >= 11 is 0. The maximum Gasteiger partial charge on any atom is 0.265 e. The van der Waals surface area contributed by atoms with Gasteiger partial charge in [-0.2, -0.15) is 0 Å². The number of hydrogen-bond donors (Lipinski definition) is 2. The fourth-order valence-corrected chi connectivity index (χ4v) is 2.16. The van der Waals surface area contributed by atoms with E-state index in [4.69, 9.17) is 4.74 Å². The molecule has 0 bridgehead atoms. The Morgan fingerprint density at radius 2 is 2.00 bits per heavy atom. The molecule has 2 aromatic carbocycles. The molecule has 0 spiro atoms. The minimum atomic E-state index is -0.953. The van der Waals surface area contributed by atoms with Gasteiger partial charge < -0.3 is 15.4 Å². The second-order valence-corrected chi connectivity index (χ2v) is 5.04. The van der Waals surface area contributed by atoms with Crippen molar-refractivity contribution in [1.29, 1.82) is 0 Å². The molecule has 0 radical (unpaired) electrons. The van der Waals surface area contributed by atoms with Gasteiger partial charge in [0.1, 0.15) is 17.4 Å². The number of benzene rings is 2. The van der Waals surface area contributed by atoms with Crippen LogP contribution in [0.3, 0.4) is 0 Å². The first-order valence-electron chi connectivity index (χ1n) is 6.82. The molecule has 7 heteroatoms. The van der Waals surface area contributed by atoms with Crippen LogP contribution in [0.4, 0.5) is 20.2 Å². The highest BCUT2D eigenvalue weighted by atomic mass is 19.1. The van der Waals surface area contributed by atoms with Gasteiger partial charge in [0, 0.05) is 11.8 Å². The standard InChI is InChI=1S/C16H12F2N2O3/c1-8-15(21)20-13-7-10(3-5-14(13)23-8)19-16(22)11-4-2-9(17)6-12(11)18/h2-8H,1H3,(H,19,22)(H,20,21)/t8-/m0/s1. The molecule has 2 N–H and O–H groups in total. The number of carbonyl (C=O) groups is 2. The summed E-state index contributed by atoms with van der Waals surface area (Å²) in [7, 11) is 0. The predicted molar refractivity (Wildman–Crippen MR) is 79.5 cm³/mol. The predicted octanol–water partition coefficient (Wildman–Crippen LogP) is 2.94. The lowest BCUT2D eigenvalue weighted by Gasteiger charge is -2.23. The average Bonchev–Trinajstić information content (AvgIpc) is 2.48. The van der Waals surface area contributed by atoms with Gasteiger partial charge in [-0.25, -0.2) is 8.78 Å². The first-order valence-corrected chi connectivity index (χ1v) is 6.82. The summed E-state index contributed by atoms with van der Waals surface area (Å²) in [5, 5.41) is 5.13. The van der Waals surface area contributed by atoms with Gasteiger partial charge >= 0.3 is 0 Å². The normalized spacial score (nSPS) is 16.1. The minimum Gasteiger partial charge on any atom is -0.479 e. The van der Waals surface area contributed by atoms with Crippen LogP contribution in [-0.4, -0.2) is 17.9 Å². The molecule has 2 amide bonds. The number of halogens is 2. The molecule has 5 nitrogen and oxygen atoms in total. The van der Waals surface area contributed by atoms with Crippen LogP contribution in [0.1, 0.15) is 17.3 Å². The van der Waals surface area contributed by atoms with Gasteiger partial charge in [0.2, 0.25) is 0 Å². The molecule has 3 rings (SSSR count). The van der Waals surface area contributed by atoms with Crippen molar-refractivity contribution >= 4 is 23.2 Å². The summed E-state index contributed by atoms with van der Waals surface area (Å²) in [6, 6.07) is 7.34. The Morgan fingerprint density at radius 3 is 2.74 bits per heavy atom. The number of nitrogens with one attached hydrogen (secondary N) is 2. The Morgan fingerprint density at radius 1 is 1.22 bits per heavy atom. The number of ether oxygens (including phenoxy) is 1. The molecule has 0 unspecified atom stereocenters. The topological polar surface area (TPSA) is 67.4 Å². The first kappa shape index (κ1) is 15.0. The summed E-state index contributed by atoms with van der Waals surface area (Å²) in [5.74, 6) is -2.26. The molecule has 1 aliphatic heterocycles. The van der Waals surface area contributed by atoms with Gasteiger partial charge in [0.15, 0.2) is 6.10 Å². The summed E-state index contributed by atoms with van der Waals surface area (Å²) in [6.07, 6.45) is -0.601. The van der Waals surface area contributed by atoms with Crippen molar-refractivity contribution in [2.24, 2.45) is 0 Å². The maximum atomic E-state index is 13.6. The maximum absolute atomic E-state index is 13.6. The van der Waals surface area contributed by atoms with Crippen molar-refractivity contribution in [3.63, 3.8) is 0 Å². The van der Waals surface area contributed by atoms with E-state index < -0.39 is 23.6 Å². The zero-order valence-electron chi connectivity index (χ0n) is 12.0. The second kappa shape index (κ2) is 5.68. The third-order valence-corrected chi connectivity index (χ3v) is 3.34. The van der Waals surface area contributed by atoms with Crippen molar-refractivity contribution in [2.75, 3.05) is 10.6 Å². The van der Waals surface area contributed by atoms with E-state index in [1.807, 2.05) is 0 Å². The molecule has 0 aromatic heterocycles. The molecule has 0 saturated heterocycles. The average molecular weight is 318 g/mol. The van der Waals surface area contributed by atoms with Crippen LogP contribution < -0.4 is 15.4 Å². The molecule has 0 saturated carbocycles. The lowest BCUT2D eigenvalue weighted by molar-refractivity contribution is -0.122. The fraction of sp³-hybridized carbons (Fsp3) is 0.125. The summed E-state index contributed by atoms with van der Waals surface area (Å²) in [6.45, 7) is 1.62. The quantitative estimate of drug-likeness (QED) is 0.894. The van der Waals surface area contributed by atoms with Crippen molar-refractivity contribution in [2.45, 2.75) is 13.0 Å². The van der Waals surface area contributed by atoms with E-state index in [-0.39, 0.29) is 11.5 Å². The zero-order valence-corrected chi connectivity index (χ0v) is 12.0. The SMILES string of the molecule is C[C@@H]1Oc2ccc(NC(=O)c3ccc(F)cc3F)cc2NC1=O. The van der Waals surface area contributed by atoms with Crippen LogP contribution in [0.5, 0.6) is 5.75 Å². The van der Waals surface area contributed by atoms with Gasteiger partial charge in [0.25, 0.3) is 11.8 Å². The molecule has 1 atom stereocenters. The van der Waals surface area contributed by atoms with Gasteiger partial charge in [-0.1, -0.05) is 0 Å². The second-order valence-electron chi connectivity index (χ2n) is 5.04. The Hall–Kier alpha value is -2.96. The van der Waals surface area contributed by atoms with Crippen LogP contribution in [0.2, 0.25) is 0 Å². The molecular weight excluding hydrogens is 306 g/mol. The lowest BCUT2D eigenvalue weighted by Crippen LogP contribution is -2.34. The highest BCUT2D eigenvalue weighted by Gasteiger charge is 2.23. The molecule has 23 heavy (non-hydrogen) atoms. The zero-order chi connectivity index (χ0) is 16.6. The number of anilines is 2. The Labute approximate surface area is 130 Å². The third kappa shape index (κ3) is 2.98. The van der Waals surface area contributed by atoms with Gasteiger partial charge in [-0.05, 0) is 37.3 Å². The van der Waals surface area contributed by atoms with E-state index in [0.717, 1.165) is 12.1 Å². The van der Waals surface area contributed by atoms with E-state index in [2.05, 4.69) is 10.6 Å². The van der Waals surface area contributed by atoms with Crippen molar-refractivity contribution in [3.05, 3.63) is 53.6 Å². The minimum absolute atomic E-state index is 0.280. The number of rotatable bonds is 2. The smallest absolute Gasteiger partial charge is 0.265 e. The van der Waals surface area contributed by atoms with Crippen LogP contribution in [0.25, 0.3) is 0 Å². The van der Waals surface area contributed by atoms with Crippen LogP contribution in [-0.2, 0) is 4.79 Å². The summed E-state index contributed by atoms with van der Waals surface area (Å²) in [4.78, 5) is 23.6. The van der Waals surface area contributed by atoms with E-state index in [9.17, 15) is 18.4 Å². The molecule has 2 aromatic rings. The lowest BCUT2D eigenvalue weighted by atomic mass is 10.1. The fourth-order valence-electron chi connectivity index (χ4n) is 2.16. The van der Waals surface area contributed by atoms with Crippen LogP contribution in [0.15, 0.2) is 36.4 Å². The molecule has 0 aliphatic carbocycles. The van der Waals surface area contributed by atoms with Crippen LogP contribution >= 0.6 is 0 Å². The van der Waals surface area contributed by atoms with E-state index >= 15 is 0 Å². The Bertz CT molecular complexity index is 808. The molecule has 1 heterocycles. The molecule has 1 aliphatic rings. The first-order chi connectivity index (χ1) is 10.9. The molecular formula is C16H12F2N2O3. The van der Waals surface area contributed by atoms with E-state index in [0.29, 0.717) is 23.2 Å². The Balaban J connectivity index is 1.82. The third-order valence-electron chi connectivity index (χ3n) is 3.34. The van der Waals surface area contributed by atoms with Gasteiger partial charge in [-0.3, -0.25) is 9.59 Å². The number of amides is 2. The highest BCUT2D eigenvalue weighted by Crippen LogP contribution is 2.32.